The van der Waals surface area contributed by atoms with Gasteiger partial charge in [-0.15, -0.1) is 0 Å². The van der Waals surface area contributed by atoms with Crippen molar-refractivity contribution in [1.82, 2.24) is 0 Å². The summed E-state index contributed by atoms with van der Waals surface area (Å²) in [5.74, 6) is -6.18. The van der Waals surface area contributed by atoms with Gasteiger partial charge in [-0.2, -0.15) is 0 Å². The molecule has 4 aromatic carbocycles. The number of phenols is 5. The van der Waals surface area contributed by atoms with Crippen molar-refractivity contribution in [3.8, 4) is 45.8 Å². The average molecular weight is 825 g/mol. The molecular formula is C43H36O17. The molecule has 5 N–H and O–H groups in total. The van der Waals surface area contributed by atoms with Crippen LogP contribution in [0.4, 0.5) is 0 Å². The number of carbonyl (C=O) groups is 4. The van der Waals surface area contributed by atoms with E-state index in [1.165, 1.54) is 84.9 Å². The van der Waals surface area contributed by atoms with Crippen LogP contribution in [-0.2, 0) is 42.9 Å². The topological polar surface area (TPSA) is 255 Å². The molecule has 2 heterocycles. The molecule has 0 bridgehead atoms. The summed E-state index contributed by atoms with van der Waals surface area (Å²) >= 11 is 0. The van der Waals surface area contributed by atoms with Crippen LogP contribution in [0, 0.1) is 0 Å². The summed E-state index contributed by atoms with van der Waals surface area (Å²) in [6, 6.07) is 18.8. The molecule has 1 fully saturated rings. The van der Waals surface area contributed by atoms with Gasteiger partial charge in [-0.25, -0.2) is 9.59 Å². The van der Waals surface area contributed by atoms with Crippen LogP contribution in [0.5, 0.6) is 34.5 Å². The molecule has 0 saturated carbocycles. The van der Waals surface area contributed by atoms with Crippen molar-refractivity contribution in [2.75, 3.05) is 6.61 Å². The summed E-state index contributed by atoms with van der Waals surface area (Å²) in [6.07, 6.45) is -4.02. The second-order valence-corrected chi connectivity index (χ2v) is 13.2. The molecule has 60 heavy (non-hydrogen) atoms. The van der Waals surface area contributed by atoms with Crippen LogP contribution in [-0.4, -0.2) is 86.7 Å². The first-order chi connectivity index (χ1) is 28.6. The largest absolute Gasteiger partial charge is 0.508 e. The van der Waals surface area contributed by atoms with Crippen LogP contribution in [0.3, 0.4) is 0 Å². The summed E-state index contributed by atoms with van der Waals surface area (Å²) in [6.45, 7) is 1.35. The number of carbonyl (C=O) groups excluding carboxylic acids is 4. The van der Waals surface area contributed by atoms with Crippen molar-refractivity contribution in [2.45, 2.75) is 44.6 Å². The van der Waals surface area contributed by atoms with E-state index in [0.29, 0.717) is 11.1 Å². The van der Waals surface area contributed by atoms with Crippen LogP contribution >= 0.6 is 0 Å². The van der Waals surface area contributed by atoms with Crippen molar-refractivity contribution in [3.63, 3.8) is 0 Å². The zero-order valence-corrected chi connectivity index (χ0v) is 31.6. The van der Waals surface area contributed by atoms with Gasteiger partial charge in [0.05, 0.1) is 0 Å². The molecular weight excluding hydrogens is 788 g/mol. The first kappa shape index (κ1) is 41.8. The fourth-order valence-electron chi connectivity index (χ4n) is 6.07. The van der Waals surface area contributed by atoms with Gasteiger partial charge in [-0.05, 0) is 71.8 Å². The fourth-order valence-corrected chi connectivity index (χ4v) is 6.07. The molecule has 0 amide bonds. The number of hydrogen-bond donors (Lipinski definition) is 5. The van der Waals surface area contributed by atoms with E-state index in [1.807, 2.05) is 0 Å². The Morgan fingerprint density at radius 2 is 1.18 bits per heavy atom. The summed E-state index contributed by atoms with van der Waals surface area (Å²) < 4.78 is 40.7. The number of fused-ring (bicyclic) bond motifs is 1. The van der Waals surface area contributed by atoms with E-state index in [-0.39, 0.29) is 34.2 Å². The Balaban J connectivity index is 1.44. The molecule has 5 aromatic rings. The van der Waals surface area contributed by atoms with Crippen LogP contribution < -0.4 is 10.2 Å². The van der Waals surface area contributed by atoms with Crippen LogP contribution in [0.15, 0.2) is 106 Å². The molecule has 0 radical (unpaired) electrons. The number of ether oxygens (including phenoxy) is 6. The molecule has 1 saturated heterocycles. The third kappa shape index (κ3) is 10.2. The zero-order chi connectivity index (χ0) is 43.1. The first-order valence-corrected chi connectivity index (χ1v) is 18.0. The molecule has 17 heteroatoms. The Hall–Kier alpha value is -7.79. The predicted octanol–water partition coefficient (Wildman–Crippen LogP) is 4.84. The first-order valence-electron chi connectivity index (χ1n) is 18.0. The van der Waals surface area contributed by atoms with E-state index >= 15 is 0 Å². The molecule has 0 aliphatic carbocycles. The highest BCUT2D eigenvalue weighted by molar-refractivity contribution is 5.89. The summed E-state index contributed by atoms with van der Waals surface area (Å²) in [5, 5.41) is 49.7. The second kappa shape index (κ2) is 18.2. The van der Waals surface area contributed by atoms with Crippen LogP contribution in [0.25, 0.3) is 34.4 Å². The SMILES string of the molecule is CC(=O)O[C@@H]1[C@@H](OC(=O)/C=C/c2ccc(O)cc2)[C@H](Oc2c(-c3ccc(O)cc3)oc3cc(O)cc(O)c3c2=O)O[C@H](COC(=O)/C=C\c2ccc(O)cc2)[C@H]1OC(C)=O. The number of aromatic hydroxyl groups is 5. The predicted molar refractivity (Wildman–Crippen MR) is 208 cm³/mol. The van der Waals surface area contributed by atoms with E-state index < -0.39 is 89.3 Å². The van der Waals surface area contributed by atoms with Gasteiger partial charge in [0, 0.05) is 43.7 Å². The molecule has 0 unspecified atom stereocenters. The average Bonchev–Trinajstić information content (AvgIpc) is 3.19. The number of esters is 4. The lowest BCUT2D eigenvalue weighted by molar-refractivity contribution is -0.288. The Labute approximate surface area is 339 Å². The van der Waals surface area contributed by atoms with Gasteiger partial charge >= 0.3 is 23.9 Å². The molecule has 310 valence electrons. The fraction of sp³-hybridized carbons (Fsp3) is 0.186. The van der Waals surface area contributed by atoms with E-state index in [9.17, 15) is 49.5 Å². The number of benzene rings is 4. The van der Waals surface area contributed by atoms with Crippen molar-refractivity contribution in [1.29, 1.82) is 0 Å². The summed E-state index contributed by atoms with van der Waals surface area (Å²) in [5.41, 5.74) is -0.176. The van der Waals surface area contributed by atoms with Gasteiger partial charge in [0.1, 0.15) is 52.4 Å². The highest BCUT2D eigenvalue weighted by atomic mass is 16.7. The van der Waals surface area contributed by atoms with E-state index in [2.05, 4.69) is 0 Å². The zero-order valence-electron chi connectivity index (χ0n) is 31.6. The van der Waals surface area contributed by atoms with Gasteiger partial charge in [0.25, 0.3) is 0 Å². The number of phenolic OH excluding ortho intramolecular Hbond substituents is 5. The lowest BCUT2D eigenvalue weighted by atomic mass is 9.98. The standard InChI is InChI=1S/C43H36O17/c1-22(44)55-39-33(21-54-34(51)17-7-24-3-11-27(46)12-4-24)58-43(42(41(39)56-23(2)45)59-35(52)18-8-25-5-13-28(47)14-6-25)60-40-37(53)36-31(50)19-30(49)20-32(36)57-38(40)26-9-15-29(48)16-10-26/h3-20,33,39,41-43,46-50H,21H2,1-2H3/b17-7-,18-8+/t33-,39-,41+,42-,43+/m1/s1. The lowest BCUT2D eigenvalue weighted by Crippen LogP contribution is -2.63. The Morgan fingerprint density at radius 3 is 1.75 bits per heavy atom. The highest BCUT2D eigenvalue weighted by Gasteiger charge is 2.54. The Kier molecular flexibility index (Phi) is 12.7. The summed E-state index contributed by atoms with van der Waals surface area (Å²) in [7, 11) is 0. The van der Waals surface area contributed by atoms with E-state index in [4.69, 9.17) is 32.8 Å². The van der Waals surface area contributed by atoms with Crippen molar-refractivity contribution < 1.29 is 77.5 Å². The normalized spacial score (nSPS) is 18.9. The highest BCUT2D eigenvalue weighted by Crippen LogP contribution is 2.38. The molecule has 17 nitrogen and oxygen atoms in total. The van der Waals surface area contributed by atoms with Crippen LogP contribution in [0.1, 0.15) is 25.0 Å². The smallest absolute Gasteiger partial charge is 0.331 e. The van der Waals surface area contributed by atoms with Gasteiger partial charge in [0.15, 0.2) is 18.0 Å². The number of rotatable bonds is 12. The maximum atomic E-state index is 14.3. The minimum Gasteiger partial charge on any atom is -0.508 e. The molecule has 5 atom stereocenters. The minimum absolute atomic E-state index is 0.00453. The molecule has 1 aromatic heterocycles. The van der Waals surface area contributed by atoms with Crippen LogP contribution in [0.2, 0.25) is 0 Å². The Morgan fingerprint density at radius 1 is 0.650 bits per heavy atom. The van der Waals surface area contributed by atoms with E-state index in [1.54, 1.807) is 0 Å². The van der Waals surface area contributed by atoms with Crippen molar-refractivity contribution in [2.24, 2.45) is 0 Å². The van der Waals surface area contributed by atoms with E-state index in [0.717, 1.165) is 38.1 Å². The van der Waals surface area contributed by atoms with Gasteiger partial charge in [-0.3, -0.25) is 14.4 Å². The Bertz CT molecular complexity index is 2500. The van der Waals surface area contributed by atoms with Gasteiger partial charge < -0.3 is 58.4 Å². The van der Waals surface area contributed by atoms with Crippen molar-refractivity contribution >= 4 is 47.0 Å². The van der Waals surface area contributed by atoms with Crippen molar-refractivity contribution in [3.05, 3.63) is 118 Å². The molecule has 1 aliphatic heterocycles. The number of hydrogen-bond acceptors (Lipinski definition) is 17. The quantitative estimate of drug-likeness (QED) is 0.0641. The summed E-state index contributed by atoms with van der Waals surface area (Å²) in [4.78, 5) is 65.8. The third-order valence-corrected chi connectivity index (χ3v) is 8.73. The maximum Gasteiger partial charge on any atom is 0.331 e. The maximum absolute atomic E-state index is 14.3. The molecule has 6 rings (SSSR count). The second-order valence-electron chi connectivity index (χ2n) is 13.2. The van der Waals surface area contributed by atoms with Gasteiger partial charge in [-0.1, -0.05) is 24.3 Å². The van der Waals surface area contributed by atoms with Gasteiger partial charge in [0.2, 0.25) is 23.6 Å². The monoisotopic (exact) mass is 824 g/mol. The lowest BCUT2D eigenvalue weighted by Gasteiger charge is -2.43. The third-order valence-electron chi connectivity index (χ3n) is 8.73. The molecule has 0 spiro atoms. The minimum atomic E-state index is -1.97. The molecule has 1 aliphatic rings.